The van der Waals surface area contributed by atoms with Crippen molar-refractivity contribution in [2.24, 2.45) is 7.05 Å². The molecule has 0 radical (unpaired) electrons. The lowest BCUT2D eigenvalue weighted by Gasteiger charge is -2.26. The van der Waals surface area contributed by atoms with Crippen molar-refractivity contribution in [1.29, 1.82) is 0 Å². The Bertz CT molecular complexity index is 1310. The lowest BCUT2D eigenvalue weighted by atomic mass is 10.2. The van der Waals surface area contributed by atoms with Crippen LogP contribution in [0.2, 0.25) is 0 Å². The van der Waals surface area contributed by atoms with Crippen molar-refractivity contribution in [2.45, 2.75) is 0 Å². The fourth-order valence-corrected chi connectivity index (χ4v) is 3.91. The van der Waals surface area contributed by atoms with E-state index >= 15 is 0 Å². The van der Waals surface area contributed by atoms with Crippen molar-refractivity contribution in [3.63, 3.8) is 0 Å². The van der Waals surface area contributed by atoms with Crippen molar-refractivity contribution in [3.05, 3.63) is 55.0 Å². The number of hydrogen-bond donors (Lipinski definition) is 2. The molecule has 4 rings (SSSR count). The van der Waals surface area contributed by atoms with Gasteiger partial charge < -0.3 is 24.2 Å². The van der Waals surface area contributed by atoms with Crippen LogP contribution in [-0.4, -0.2) is 56.5 Å². The number of aryl methyl sites for hydroxylation is 1. The van der Waals surface area contributed by atoms with E-state index in [-0.39, 0.29) is 12.7 Å². The molecule has 0 bridgehead atoms. The molecule has 4 aromatic rings. The van der Waals surface area contributed by atoms with Gasteiger partial charge in [0.05, 0.1) is 49.5 Å². The molecule has 2 N–H and O–H groups in total. The van der Waals surface area contributed by atoms with E-state index in [0.29, 0.717) is 39.6 Å². The monoisotopic (exact) mass is 469 g/mol. The first-order valence-electron chi connectivity index (χ1n) is 10.1. The highest BCUT2D eigenvalue weighted by molar-refractivity contribution is 7.51. The topological polar surface area (TPSA) is 123 Å². The van der Waals surface area contributed by atoms with Crippen LogP contribution < -0.4 is 14.4 Å². The van der Waals surface area contributed by atoms with Gasteiger partial charge in [-0.3, -0.25) is 14.2 Å². The second-order valence-corrected chi connectivity index (χ2v) is 9.22. The zero-order valence-electron chi connectivity index (χ0n) is 18.4. The highest BCUT2D eigenvalue weighted by atomic mass is 31.2. The van der Waals surface area contributed by atoms with Gasteiger partial charge in [-0.1, -0.05) is 0 Å². The molecule has 0 aliphatic heterocycles. The summed E-state index contributed by atoms with van der Waals surface area (Å²) in [5.74, 6) is 1.12. The molecule has 2 aromatic carbocycles. The minimum absolute atomic E-state index is 0.0713. The SMILES string of the molecule is COc1cc(OC)cc(N(CCP(=O)(O)O)c2ccc3ncc(-c4cnn(C)c4)nc3c2)c1. The molecule has 11 heteroatoms. The van der Waals surface area contributed by atoms with Gasteiger partial charge in [0.2, 0.25) is 0 Å². The van der Waals surface area contributed by atoms with Gasteiger partial charge in [-0.2, -0.15) is 5.10 Å². The maximum absolute atomic E-state index is 11.6. The van der Waals surface area contributed by atoms with Gasteiger partial charge in [-0.15, -0.1) is 0 Å². The lowest BCUT2D eigenvalue weighted by Crippen LogP contribution is -2.21. The van der Waals surface area contributed by atoms with Crippen molar-refractivity contribution in [3.8, 4) is 22.8 Å². The third-order valence-electron chi connectivity index (χ3n) is 5.10. The molecule has 0 fully saturated rings. The number of aromatic nitrogens is 4. The van der Waals surface area contributed by atoms with Gasteiger partial charge in [0.1, 0.15) is 11.5 Å². The summed E-state index contributed by atoms with van der Waals surface area (Å²) in [4.78, 5) is 30.0. The third-order valence-corrected chi connectivity index (χ3v) is 5.88. The first-order valence-corrected chi connectivity index (χ1v) is 11.9. The Labute approximate surface area is 190 Å². The average Bonchev–Trinajstić information content (AvgIpc) is 3.24. The van der Waals surface area contributed by atoms with Gasteiger partial charge in [-0.05, 0) is 18.2 Å². The molecule has 0 unspecified atom stereocenters. The predicted octanol–water partition coefficient (Wildman–Crippen LogP) is 3.36. The van der Waals surface area contributed by atoms with E-state index in [1.54, 1.807) is 54.4 Å². The fraction of sp³-hybridized carbons (Fsp3) is 0.227. The zero-order valence-corrected chi connectivity index (χ0v) is 19.3. The number of hydrogen-bond acceptors (Lipinski definition) is 7. The number of fused-ring (bicyclic) bond motifs is 1. The van der Waals surface area contributed by atoms with Crippen molar-refractivity contribution < 1.29 is 23.8 Å². The van der Waals surface area contributed by atoms with Crippen LogP contribution in [0.4, 0.5) is 11.4 Å². The molecule has 0 amide bonds. The number of rotatable bonds is 8. The Kier molecular flexibility index (Phi) is 6.33. The molecule has 172 valence electrons. The molecular formula is C22H24N5O5P. The Morgan fingerprint density at radius 1 is 1.00 bits per heavy atom. The molecule has 33 heavy (non-hydrogen) atoms. The van der Waals surface area contributed by atoms with Gasteiger partial charge in [0, 0.05) is 54.9 Å². The summed E-state index contributed by atoms with van der Waals surface area (Å²) in [6.45, 7) is 0.0713. The Hall–Kier alpha value is -3.46. The smallest absolute Gasteiger partial charge is 0.327 e. The molecule has 10 nitrogen and oxygen atoms in total. The predicted molar refractivity (Wildman–Crippen MR) is 125 cm³/mol. The fourth-order valence-electron chi connectivity index (χ4n) is 3.45. The highest BCUT2D eigenvalue weighted by Crippen LogP contribution is 2.38. The molecule has 0 saturated carbocycles. The molecule has 2 aromatic heterocycles. The Morgan fingerprint density at radius 3 is 2.33 bits per heavy atom. The Morgan fingerprint density at radius 2 is 1.73 bits per heavy atom. The van der Waals surface area contributed by atoms with Crippen molar-refractivity contribution >= 4 is 30.0 Å². The van der Waals surface area contributed by atoms with E-state index < -0.39 is 7.60 Å². The summed E-state index contributed by atoms with van der Waals surface area (Å²) in [6.07, 6.45) is 4.94. The maximum Gasteiger partial charge on any atom is 0.327 e. The normalized spacial score (nSPS) is 11.5. The zero-order chi connectivity index (χ0) is 23.6. The Balaban J connectivity index is 1.80. The summed E-state index contributed by atoms with van der Waals surface area (Å²) in [5.41, 5.74) is 4.22. The van der Waals surface area contributed by atoms with E-state index in [0.717, 1.165) is 5.56 Å². The second kappa shape index (κ2) is 9.19. The van der Waals surface area contributed by atoms with E-state index in [1.807, 2.05) is 31.4 Å². The largest absolute Gasteiger partial charge is 0.497 e. The van der Waals surface area contributed by atoms with E-state index in [4.69, 9.17) is 14.5 Å². The van der Waals surface area contributed by atoms with E-state index in [2.05, 4.69) is 10.1 Å². The molecule has 0 aliphatic rings. The van der Waals surface area contributed by atoms with Gasteiger partial charge in [0.15, 0.2) is 0 Å². The van der Waals surface area contributed by atoms with Gasteiger partial charge in [-0.25, -0.2) is 4.98 Å². The van der Waals surface area contributed by atoms with Crippen LogP contribution in [0.15, 0.2) is 55.0 Å². The number of benzene rings is 2. The van der Waals surface area contributed by atoms with Crippen LogP contribution in [0.5, 0.6) is 11.5 Å². The van der Waals surface area contributed by atoms with Crippen LogP contribution in [0.25, 0.3) is 22.3 Å². The number of methoxy groups -OCH3 is 2. The number of nitrogens with zero attached hydrogens (tertiary/aromatic N) is 5. The summed E-state index contributed by atoms with van der Waals surface area (Å²) < 4.78 is 24.1. The summed E-state index contributed by atoms with van der Waals surface area (Å²) in [5, 5.41) is 4.18. The van der Waals surface area contributed by atoms with E-state index in [9.17, 15) is 14.4 Å². The molecular weight excluding hydrogens is 445 g/mol. The number of anilines is 2. The lowest BCUT2D eigenvalue weighted by molar-refractivity contribution is 0.373. The molecule has 0 saturated heterocycles. The van der Waals surface area contributed by atoms with Crippen LogP contribution in [0, 0.1) is 0 Å². The van der Waals surface area contributed by atoms with Crippen LogP contribution in [0.3, 0.4) is 0 Å². The molecule has 2 heterocycles. The van der Waals surface area contributed by atoms with Crippen LogP contribution >= 0.6 is 7.60 Å². The first kappa shape index (κ1) is 22.7. The third kappa shape index (κ3) is 5.31. The van der Waals surface area contributed by atoms with Gasteiger partial charge >= 0.3 is 7.60 Å². The second-order valence-electron chi connectivity index (χ2n) is 7.44. The quantitative estimate of drug-likeness (QED) is 0.374. The van der Waals surface area contributed by atoms with Crippen LogP contribution in [0.1, 0.15) is 0 Å². The first-order chi connectivity index (χ1) is 15.8. The molecule has 0 aliphatic carbocycles. The maximum atomic E-state index is 11.6. The summed E-state index contributed by atoms with van der Waals surface area (Å²) in [6, 6.07) is 10.8. The highest BCUT2D eigenvalue weighted by Gasteiger charge is 2.19. The molecule has 0 atom stereocenters. The summed E-state index contributed by atoms with van der Waals surface area (Å²) >= 11 is 0. The standard InChI is InChI=1S/C22H24N5O5P/c1-26-14-15(12-24-26)22-13-23-20-5-4-16(10-21(20)25-22)27(6-7-33(28,29)30)17-8-18(31-2)11-19(9-17)32-3/h4-5,8-14H,6-7H2,1-3H3,(H2,28,29,30). The average molecular weight is 469 g/mol. The van der Waals surface area contributed by atoms with Gasteiger partial charge in [0.25, 0.3) is 0 Å². The number of ether oxygens (including phenoxy) is 2. The van der Waals surface area contributed by atoms with Crippen LogP contribution in [-0.2, 0) is 11.6 Å². The van der Waals surface area contributed by atoms with Crippen molar-refractivity contribution in [2.75, 3.05) is 31.8 Å². The minimum atomic E-state index is -4.23. The van der Waals surface area contributed by atoms with Crippen molar-refractivity contribution in [1.82, 2.24) is 19.7 Å². The molecule has 0 spiro atoms. The van der Waals surface area contributed by atoms with E-state index in [1.165, 1.54) is 0 Å². The summed E-state index contributed by atoms with van der Waals surface area (Å²) in [7, 11) is 0.689. The minimum Gasteiger partial charge on any atom is -0.497 e.